The minimum absolute atomic E-state index is 0.125. The van der Waals surface area contributed by atoms with E-state index in [2.05, 4.69) is 20.4 Å². The van der Waals surface area contributed by atoms with Gasteiger partial charge >= 0.3 is 0 Å². The Morgan fingerprint density at radius 3 is 2.74 bits per heavy atom. The average Bonchev–Trinajstić information content (AvgIpc) is 3.04. The number of nitrogens with one attached hydrogen (secondary N) is 2. The van der Waals surface area contributed by atoms with Gasteiger partial charge in [-0.15, -0.1) is 0 Å². The summed E-state index contributed by atoms with van der Waals surface area (Å²) < 4.78 is 5.08. The van der Waals surface area contributed by atoms with Crippen LogP contribution in [0.3, 0.4) is 0 Å². The Hall–Kier alpha value is -3.22. The molecule has 0 fully saturated rings. The lowest BCUT2D eigenvalue weighted by molar-refractivity contribution is -0.120. The first-order valence-corrected chi connectivity index (χ1v) is 7.03. The van der Waals surface area contributed by atoms with Gasteiger partial charge < -0.3 is 14.8 Å². The summed E-state index contributed by atoms with van der Waals surface area (Å²) >= 11 is 0. The quantitative estimate of drug-likeness (QED) is 0.739. The molecule has 0 atom stereocenters. The topological polar surface area (TPSA) is 101 Å². The van der Waals surface area contributed by atoms with Crippen LogP contribution in [0.25, 0.3) is 11.4 Å². The van der Waals surface area contributed by atoms with Crippen LogP contribution in [0, 0.1) is 0 Å². The number of hydrogen-bond donors (Lipinski definition) is 2. The minimum Gasteiger partial charge on any atom is -0.347 e. The lowest BCUT2D eigenvalue weighted by Gasteiger charge is -2.02. The van der Waals surface area contributed by atoms with Crippen molar-refractivity contribution in [3.8, 4) is 11.4 Å². The predicted molar refractivity (Wildman–Crippen MR) is 82.3 cm³/mol. The Kier molecular flexibility index (Phi) is 4.28. The molecule has 0 radical (unpaired) electrons. The standard InChI is InChI=1S/C16H14N4O3/c21-13-7-6-12(9-17-13)16-19-15(23-20-16)10-18-14(22)8-11-4-2-1-3-5-11/h1-7,9H,8,10H2,(H,17,21)(H,18,22). The predicted octanol–water partition coefficient (Wildman–Crippen LogP) is 1.28. The van der Waals surface area contributed by atoms with E-state index in [4.69, 9.17) is 4.52 Å². The van der Waals surface area contributed by atoms with Crippen LogP contribution in [0.5, 0.6) is 0 Å². The molecule has 0 saturated carbocycles. The van der Waals surface area contributed by atoms with E-state index in [1.54, 1.807) is 6.07 Å². The van der Waals surface area contributed by atoms with Gasteiger partial charge in [0.25, 0.3) is 0 Å². The third-order valence-corrected chi connectivity index (χ3v) is 3.15. The zero-order valence-corrected chi connectivity index (χ0v) is 12.2. The minimum atomic E-state index is -0.203. The molecule has 116 valence electrons. The summed E-state index contributed by atoms with van der Waals surface area (Å²) in [5.41, 5.74) is 1.37. The van der Waals surface area contributed by atoms with E-state index in [1.165, 1.54) is 12.3 Å². The molecule has 1 amide bonds. The molecular formula is C16H14N4O3. The summed E-state index contributed by atoms with van der Waals surface area (Å²) in [7, 11) is 0. The van der Waals surface area contributed by atoms with Gasteiger partial charge in [0.05, 0.1) is 13.0 Å². The van der Waals surface area contributed by atoms with Gasteiger partial charge in [0.2, 0.25) is 23.2 Å². The third-order valence-electron chi connectivity index (χ3n) is 3.15. The van der Waals surface area contributed by atoms with Crippen LogP contribution in [0.4, 0.5) is 0 Å². The van der Waals surface area contributed by atoms with E-state index < -0.39 is 0 Å². The van der Waals surface area contributed by atoms with Crippen LogP contribution in [0.1, 0.15) is 11.5 Å². The van der Waals surface area contributed by atoms with Crippen LogP contribution < -0.4 is 10.9 Å². The van der Waals surface area contributed by atoms with E-state index in [0.717, 1.165) is 5.56 Å². The van der Waals surface area contributed by atoms with Crippen LogP contribution >= 0.6 is 0 Å². The fourth-order valence-corrected chi connectivity index (χ4v) is 2.01. The number of hydrogen-bond acceptors (Lipinski definition) is 5. The van der Waals surface area contributed by atoms with Gasteiger partial charge in [0.15, 0.2) is 0 Å². The van der Waals surface area contributed by atoms with Crippen molar-refractivity contribution in [2.45, 2.75) is 13.0 Å². The van der Waals surface area contributed by atoms with E-state index in [0.29, 0.717) is 23.7 Å². The fraction of sp³-hybridized carbons (Fsp3) is 0.125. The van der Waals surface area contributed by atoms with Crippen LogP contribution in [0.15, 0.2) is 58.0 Å². The van der Waals surface area contributed by atoms with E-state index in [-0.39, 0.29) is 18.0 Å². The molecule has 2 heterocycles. The maximum atomic E-state index is 11.9. The third kappa shape index (κ3) is 3.91. The molecule has 3 rings (SSSR count). The number of benzene rings is 1. The summed E-state index contributed by atoms with van der Waals surface area (Å²) in [4.78, 5) is 29.6. The van der Waals surface area contributed by atoms with Crippen LogP contribution in [-0.2, 0) is 17.8 Å². The maximum Gasteiger partial charge on any atom is 0.247 e. The molecule has 2 aromatic heterocycles. The van der Waals surface area contributed by atoms with Gasteiger partial charge in [-0.3, -0.25) is 9.59 Å². The molecule has 1 aromatic carbocycles. The highest BCUT2D eigenvalue weighted by Crippen LogP contribution is 2.12. The number of H-pyrrole nitrogens is 1. The van der Waals surface area contributed by atoms with Crippen molar-refractivity contribution in [1.82, 2.24) is 20.4 Å². The second kappa shape index (κ2) is 6.69. The van der Waals surface area contributed by atoms with Crippen molar-refractivity contribution in [3.63, 3.8) is 0 Å². The normalized spacial score (nSPS) is 10.4. The Morgan fingerprint density at radius 2 is 2.00 bits per heavy atom. The zero-order valence-electron chi connectivity index (χ0n) is 12.2. The molecular weight excluding hydrogens is 296 g/mol. The fourth-order valence-electron chi connectivity index (χ4n) is 2.01. The summed E-state index contributed by atoms with van der Waals surface area (Å²) in [6.07, 6.45) is 1.80. The second-order valence-corrected chi connectivity index (χ2v) is 4.89. The molecule has 0 saturated heterocycles. The van der Waals surface area contributed by atoms with Gasteiger partial charge in [0.1, 0.15) is 0 Å². The molecule has 23 heavy (non-hydrogen) atoms. The Labute approximate surface area is 131 Å². The number of carbonyl (C=O) groups excluding carboxylic acids is 1. The molecule has 0 spiro atoms. The van der Waals surface area contributed by atoms with Gasteiger partial charge in [-0.2, -0.15) is 4.98 Å². The van der Waals surface area contributed by atoms with Crippen LogP contribution in [0.2, 0.25) is 0 Å². The van der Waals surface area contributed by atoms with Gasteiger partial charge in [0, 0.05) is 17.8 Å². The Morgan fingerprint density at radius 1 is 1.17 bits per heavy atom. The lowest BCUT2D eigenvalue weighted by atomic mass is 10.1. The molecule has 0 aliphatic rings. The zero-order chi connectivity index (χ0) is 16.1. The SMILES string of the molecule is O=C(Cc1ccccc1)NCc1nc(-c2ccc(=O)[nH]c2)no1. The van der Waals surface area contributed by atoms with Gasteiger partial charge in [-0.25, -0.2) is 0 Å². The van der Waals surface area contributed by atoms with E-state index >= 15 is 0 Å². The van der Waals surface area contributed by atoms with Crippen LogP contribution in [-0.4, -0.2) is 21.0 Å². The summed E-state index contributed by atoms with van der Waals surface area (Å²) in [5, 5.41) is 6.55. The van der Waals surface area contributed by atoms with Crippen molar-refractivity contribution < 1.29 is 9.32 Å². The highest BCUT2D eigenvalue weighted by Gasteiger charge is 2.10. The first kappa shape index (κ1) is 14.7. The molecule has 2 N–H and O–H groups in total. The summed E-state index contributed by atoms with van der Waals surface area (Å²) in [5.74, 6) is 0.529. The molecule has 3 aromatic rings. The lowest BCUT2D eigenvalue weighted by Crippen LogP contribution is -2.24. The molecule has 7 heteroatoms. The maximum absolute atomic E-state index is 11.9. The van der Waals surface area contributed by atoms with E-state index in [1.807, 2.05) is 30.3 Å². The number of carbonyl (C=O) groups is 1. The number of aromatic nitrogens is 3. The largest absolute Gasteiger partial charge is 0.347 e. The molecule has 0 aliphatic carbocycles. The molecule has 0 aliphatic heterocycles. The number of nitrogens with zero attached hydrogens (tertiary/aromatic N) is 2. The number of aromatic amines is 1. The van der Waals surface area contributed by atoms with Crippen molar-refractivity contribution in [2.24, 2.45) is 0 Å². The Balaban J connectivity index is 1.58. The molecule has 0 bridgehead atoms. The number of rotatable bonds is 5. The highest BCUT2D eigenvalue weighted by molar-refractivity contribution is 5.78. The molecule has 0 unspecified atom stereocenters. The second-order valence-electron chi connectivity index (χ2n) is 4.89. The van der Waals surface area contributed by atoms with Crippen molar-refractivity contribution in [1.29, 1.82) is 0 Å². The van der Waals surface area contributed by atoms with Crippen molar-refractivity contribution in [3.05, 3.63) is 70.5 Å². The van der Waals surface area contributed by atoms with E-state index in [9.17, 15) is 9.59 Å². The first-order chi connectivity index (χ1) is 11.2. The Bertz CT molecular complexity index is 835. The average molecular weight is 310 g/mol. The number of pyridine rings is 1. The van der Waals surface area contributed by atoms with Gasteiger partial charge in [-0.1, -0.05) is 35.5 Å². The van der Waals surface area contributed by atoms with Gasteiger partial charge in [-0.05, 0) is 11.6 Å². The molecule has 7 nitrogen and oxygen atoms in total. The smallest absolute Gasteiger partial charge is 0.247 e. The first-order valence-electron chi connectivity index (χ1n) is 7.03. The summed E-state index contributed by atoms with van der Waals surface area (Å²) in [6, 6.07) is 12.4. The summed E-state index contributed by atoms with van der Waals surface area (Å²) in [6.45, 7) is 0.155. The highest BCUT2D eigenvalue weighted by atomic mass is 16.5. The monoisotopic (exact) mass is 310 g/mol. The van der Waals surface area contributed by atoms with Crippen molar-refractivity contribution in [2.75, 3.05) is 0 Å². The van der Waals surface area contributed by atoms with Crippen molar-refractivity contribution >= 4 is 5.91 Å². The number of amides is 1.